The van der Waals surface area contributed by atoms with E-state index >= 15 is 0 Å². The Labute approximate surface area is 600 Å². The molecule has 0 radical (unpaired) electrons. The van der Waals surface area contributed by atoms with Gasteiger partial charge in [-0.05, 0) is 49.4 Å². The van der Waals surface area contributed by atoms with Gasteiger partial charge < -0.3 is 33.8 Å². The van der Waals surface area contributed by atoms with Gasteiger partial charge in [0.25, 0.3) is 0 Å². The summed E-state index contributed by atoms with van der Waals surface area (Å²) in [6.07, 6.45) is 54.1. The van der Waals surface area contributed by atoms with E-state index in [0.29, 0.717) is 25.7 Å². The van der Waals surface area contributed by atoms with Crippen LogP contribution in [0.3, 0.4) is 0 Å². The lowest BCUT2D eigenvalue weighted by molar-refractivity contribution is -0.161. The fraction of sp³-hybridized carbons (Fsp3) is 0.949. The van der Waals surface area contributed by atoms with Gasteiger partial charge in [-0.2, -0.15) is 0 Å². The second kappa shape index (κ2) is 68.2. The fourth-order valence-corrected chi connectivity index (χ4v) is 13.6. The van der Waals surface area contributed by atoms with E-state index in [1.807, 2.05) is 0 Å². The highest BCUT2D eigenvalue weighted by atomic mass is 31.2. The van der Waals surface area contributed by atoms with Gasteiger partial charge in [-0.3, -0.25) is 37.3 Å². The Kier molecular flexibility index (Phi) is 66.8. The number of ether oxygens (including phenoxy) is 4. The topological polar surface area (TPSA) is 237 Å². The van der Waals surface area contributed by atoms with Crippen molar-refractivity contribution in [3.8, 4) is 0 Å². The number of unbranched alkanes of at least 4 members (excludes halogenated alkanes) is 39. The molecule has 0 saturated carbocycles. The quantitative estimate of drug-likeness (QED) is 0.0222. The molecule has 3 N–H and O–H groups in total. The van der Waals surface area contributed by atoms with Gasteiger partial charge in [0.1, 0.15) is 19.3 Å². The molecule has 0 aliphatic carbocycles. The van der Waals surface area contributed by atoms with Gasteiger partial charge >= 0.3 is 39.5 Å². The zero-order valence-electron chi connectivity index (χ0n) is 64.4. The van der Waals surface area contributed by atoms with Gasteiger partial charge in [-0.15, -0.1) is 0 Å². The van der Waals surface area contributed by atoms with Crippen molar-refractivity contribution in [3.63, 3.8) is 0 Å². The van der Waals surface area contributed by atoms with Crippen molar-refractivity contribution in [3.05, 3.63) is 0 Å². The standard InChI is InChI=1S/C79H154O17P2/c1-9-70(6)56-48-40-32-26-22-18-16-14-12-13-15-17-19-23-27-35-45-53-61-78(83)96-75(66-90-77(82)60-52-44-38-37-42-50-58-72(8)11-3)68-94-98(87,88)92-64-73(80)63-91-97(85,86)93-67-74(65-89-76(81)59-51-43-34-30-29-33-41-49-57-71(7)10-2)95-79(84)62-54-46-36-28-24-20-21-25-31-39-47-55-69(4)5/h69-75,80H,9-68H2,1-8H3,(H,85,86)(H,87,88)/t70?,71?,72?,73-,74-,75-/m1/s1. The van der Waals surface area contributed by atoms with E-state index < -0.39 is 97.5 Å². The van der Waals surface area contributed by atoms with Crippen LogP contribution in [0.25, 0.3) is 0 Å². The molecule has 0 fully saturated rings. The zero-order valence-corrected chi connectivity index (χ0v) is 66.2. The number of hydrogen-bond acceptors (Lipinski definition) is 15. The molecule has 5 unspecified atom stereocenters. The largest absolute Gasteiger partial charge is 0.472 e. The highest BCUT2D eigenvalue weighted by molar-refractivity contribution is 7.47. The molecular formula is C79H154O17P2. The molecule has 0 aliphatic rings. The lowest BCUT2D eigenvalue weighted by Gasteiger charge is -2.21. The Balaban J connectivity index is 5.19. The molecule has 0 aromatic rings. The van der Waals surface area contributed by atoms with E-state index in [-0.39, 0.29) is 25.7 Å². The number of phosphoric ester groups is 2. The number of esters is 4. The number of rotatable bonds is 76. The van der Waals surface area contributed by atoms with Crippen LogP contribution in [0.5, 0.6) is 0 Å². The smallest absolute Gasteiger partial charge is 0.462 e. The predicted molar refractivity (Wildman–Crippen MR) is 400 cm³/mol. The van der Waals surface area contributed by atoms with Gasteiger partial charge in [0.05, 0.1) is 26.4 Å². The van der Waals surface area contributed by atoms with Gasteiger partial charge in [-0.25, -0.2) is 9.13 Å². The molecular weight excluding hydrogens is 1280 g/mol. The minimum Gasteiger partial charge on any atom is -0.462 e. The fourth-order valence-electron chi connectivity index (χ4n) is 12.0. The molecule has 0 amide bonds. The van der Waals surface area contributed by atoms with E-state index in [4.69, 9.17) is 37.0 Å². The van der Waals surface area contributed by atoms with E-state index in [1.54, 1.807) is 0 Å². The molecule has 98 heavy (non-hydrogen) atoms. The Morgan fingerprint density at radius 2 is 0.490 bits per heavy atom. The summed E-state index contributed by atoms with van der Waals surface area (Å²) in [5, 5.41) is 10.6. The van der Waals surface area contributed by atoms with Crippen molar-refractivity contribution >= 4 is 39.5 Å². The molecule has 0 bridgehead atoms. The van der Waals surface area contributed by atoms with Crippen LogP contribution < -0.4 is 0 Å². The average molecular weight is 1440 g/mol. The van der Waals surface area contributed by atoms with Gasteiger partial charge in [0, 0.05) is 25.7 Å². The van der Waals surface area contributed by atoms with E-state index in [1.165, 1.54) is 199 Å². The van der Waals surface area contributed by atoms with Crippen molar-refractivity contribution in [2.24, 2.45) is 23.7 Å². The summed E-state index contributed by atoms with van der Waals surface area (Å²) in [6, 6.07) is 0. The van der Waals surface area contributed by atoms with Gasteiger partial charge in [0.2, 0.25) is 0 Å². The minimum absolute atomic E-state index is 0.106. The van der Waals surface area contributed by atoms with Crippen LogP contribution >= 0.6 is 15.6 Å². The monoisotopic (exact) mass is 1440 g/mol. The Hall–Kier alpha value is -1.94. The molecule has 8 atom stereocenters. The Morgan fingerprint density at radius 3 is 0.724 bits per heavy atom. The first-order chi connectivity index (χ1) is 47.2. The zero-order chi connectivity index (χ0) is 72.4. The summed E-state index contributed by atoms with van der Waals surface area (Å²) >= 11 is 0. The molecule has 0 aliphatic heterocycles. The molecule has 0 heterocycles. The molecule has 0 spiro atoms. The van der Waals surface area contributed by atoms with E-state index in [9.17, 15) is 43.2 Å². The van der Waals surface area contributed by atoms with E-state index in [2.05, 4.69) is 55.4 Å². The van der Waals surface area contributed by atoms with Crippen LogP contribution in [0.2, 0.25) is 0 Å². The number of aliphatic hydroxyl groups is 1. The molecule has 0 rings (SSSR count). The molecule has 19 heteroatoms. The first-order valence-corrected chi connectivity index (χ1v) is 43.8. The summed E-state index contributed by atoms with van der Waals surface area (Å²) in [4.78, 5) is 72.9. The summed E-state index contributed by atoms with van der Waals surface area (Å²) < 4.78 is 68.6. The Morgan fingerprint density at radius 1 is 0.286 bits per heavy atom. The molecule has 0 aromatic heterocycles. The first-order valence-electron chi connectivity index (χ1n) is 40.8. The summed E-state index contributed by atoms with van der Waals surface area (Å²) in [7, 11) is -9.92. The van der Waals surface area contributed by atoms with E-state index in [0.717, 1.165) is 120 Å². The van der Waals surface area contributed by atoms with Crippen molar-refractivity contribution in [1.29, 1.82) is 0 Å². The maximum Gasteiger partial charge on any atom is 0.472 e. The second-order valence-corrected chi connectivity index (χ2v) is 32.6. The van der Waals surface area contributed by atoms with Crippen LogP contribution in [0.4, 0.5) is 0 Å². The maximum absolute atomic E-state index is 13.1. The maximum atomic E-state index is 13.1. The number of carbonyl (C=O) groups is 4. The normalized spacial score (nSPS) is 14.9. The number of phosphoric acid groups is 2. The van der Waals surface area contributed by atoms with Crippen molar-refractivity contribution in [2.75, 3.05) is 39.6 Å². The molecule has 0 aromatic carbocycles. The third-order valence-electron chi connectivity index (χ3n) is 19.4. The molecule has 582 valence electrons. The highest BCUT2D eigenvalue weighted by Crippen LogP contribution is 2.45. The van der Waals surface area contributed by atoms with Crippen molar-refractivity contribution in [2.45, 2.75) is 420 Å². The van der Waals surface area contributed by atoms with Crippen LogP contribution in [0.15, 0.2) is 0 Å². The first kappa shape index (κ1) is 96.1. The number of hydrogen-bond donors (Lipinski definition) is 3. The highest BCUT2D eigenvalue weighted by Gasteiger charge is 2.30. The number of aliphatic hydroxyl groups excluding tert-OH is 1. The van der Waals surface area contributed by atoms with Crippen LogP contribution in [0.1, 0.15) is 402 Å². The summed E-state index contributed by atoms with van der Waals surface area (Å²) in [6.45, 7) is 14.3. The lowest BCUT2D eigenvalue weighted by atomic mass is 9.99. The molecule has 0 saturated heterocycles. The average Bonchev–Trinajstić information content (AvgIpc) is 1.30. The van der Waals surface area contributed by atoms with Gasteiger partial charge in [-0.1, -0.05) is 351 Å². The minimum atomic E-state index is -4.96. The predicted octanol–water partition coefficient (Wildman–Crippen LogP) is 23.2. The van der Waals surface area contributed by atoms with Crippen LogP contribution in [0, 0.1) is 23.7 Å². The van der Waals surface area contributed by atoms with Crippen molar-refractivity contribution in [1.82, 2.24) is 0 Å². The summed E-state index contributed by atoms with van der Waals surface area (Å²) in [5.74, 6) is 1.03. The van der Waals surface area contributed by atoms with Crippen LogP contribution in [-0.2, 0) is 65.4 Å². The SMILES string of the molecule is CCC(C)CCCCCCCCCCCCCCCCCCCCC(=O)O[C@H](COC(=O)CCCCCCCCC(C)CC)COP(=O)(O)OC[C@H](O)COP(=O)(O)OC[C@@H](COC(=O)CCCCCCCCCCC(C)CC)OC(=O)CCCCCCCCCCCCCC(C)C. The van der Waals surface area contributed by atoms with Crippen molar-refractivity contribution < 1.29 is 80.2 Å². The van der Waals surface area contributed by atoms with Crippen LogP contribution in [-0.4, -0.2) is 96.7 Å². The number of carbonyl (C=O) groups excluding carboxylic acids is 4. The summed E-state index contributed by atoms with van der Waals surface area (Å²) in [5.41, 5.74) is 0. The Bertz CT molecular complexity index is 1930. The second-order valence-electron chi connectivity index (χ2n) is 29.7. The molecule has 17 nitrogen and oxygen atoms in total. The van der Waals surface area contributed by atoms with Gasteiger partial charge in [0.15, 0.2) is 12.2 Å². The third-order valence-corrected chi connectivity index (χ3v) is 21.3. The third kappa shape index (κ3) is 68.5. The lowest BCUT2D eigenvalue weighted by Crippen LogP contribution is -2.30.